The average Bonchev–Trinajstić information content (AvgIpc) is 2.36. The molecule has 18 heavy (non-hydrogen) atoms. The Balaban J connectivity index is 2.27. The van der Waals surface area contributed by atoms with Crippen LogP contribution in [0.1, 0.15) is 39.5 Å². The van der Waals surface area contributed by atoms with Crippen LogP contribution in [0, 0.1) is 5.92 Å². The predicted octanol–water partition coefficient (Wildman–Crippen LogP) is 0.489. The van der Waals surface area contributed by atoms with E-state index in [0.717, 1.165) is 38.8 Å². The highest BCUT2D eigenvalue weighted by atomic mass is 16.2. The molecule has 104 valence electrons. The summed E-state index contributed by atoms with van der Waals surface area (Å²) in [6, 6.07) is 0.216. The summed E-state index contributed by atoms with van der Waals surface area (Å²) in [7, 11) is 0. The van der Waals surface area contributed by atoms with Crippen molar-refractivity contribution < 1.29 is 9.59 Å². The first-order valence-corrected chi connectivity index (χ1v) is 6.80. The number of amides is 2. The van der Waals surface area contributed by atoms with Gasteiger partial charge in [0.15, 0.2) is 0 Å². The number of likely N-dealkylation sites (tertiary alicyclic amines) is 1. The molecule has 1 atom stereocenters. The number of nitrogens with zero attached hydrogens (tertiary/aromatic N) is 1. The highest BCUT2D eigenvalue weighted by Gasteiger charge is 2.23. The fourth-order valence-corrected chi connectivity index (χ4v) is 2.24. The van der Waals surface area contributed by atoms with E-state index in [0.29, 0.717) is 6.54 Å². The van der Waals surface area contributed by atoms with E-state index in [-0.39, 0.29) is 23.8 Å². The maximum Gasteiger partial charge on any atom is 0.223 e. The van der Waals surface area contributed by atoms with E-state index in [1.165, 1.54) is 0 Å². The lowest BCUT2D eigenvalue weighted by molar-refractivity contribution is -0.130. The molecule has 5 nitrogen and oxygen atoms in total. The smallest absolute Gasteiger partial charge is 0.223 e. The molecule has 1 fully saturated rings. The molecule has 1 unspecified atom stereocenters. The summed E-state index contributed by atoms with van der Waals surface area (Å²) in [5.74, 6) is 0.264. The largest absolute Gasteiger partial charge is 0.353 e. The van der Waals surface area contributed by atoms with Crippen molar-refractivity contribution in [2.45, 2.75) is 45.6 Å². The van der Waals surface area contributed by atoms with Gasteiger partial charge in [-0.25, -0.2) is 0 Å². The van der Waals surface area contributed by atoms with Gasteiger partial charge in [-0.3, -0.25) is 9.59 Å². The molecule has 0 radical (unpaired) electrons. The maximum absolute atomic E-state index is 11.9. The first kappa shape index (κ1) is 15.0. The minimum Gasteiger partial charge on any atom is -0.353 e. The van der Waals surface area contributed by atoms with Crippen LogP contribution in [0.25, 0.3) is 0 Å². The molecule has 0 bridgehead atoms. The summed E-state index contributed by atoms with van der Waals surface area (Å²) in [5.41, 5.74) is 5.44. The summed E-state index contributed by atoms with van der Waals surface area (Å²) in [6.45, 7) is 5.66. The van der Waals surface area contributed by atoms with Crippen molar-refractivity contribution in [2.75, 3.05) is 19.6 Å². The number of carbonyl (C=O) groups is 2. The lowest BCUT2D eigenvalue weighted by Crippen LogP contribution is -2.47. The van der Waals surface area contributed by atoms with Crippen molar-refractivity contribution in [1.82, 2.24) is 10.2 Å². The van der Waals surface area contributed by atoms with Gasteiger partial charge in [-0.15, -0.1) is 0 Å². The highest BCUT2D eigenvalue weighted by Crippen LogP contribution is 2.12. The molecule has 0 aromatic rings. The van der Waals surface area contributed by atoms with Crippen LogP contribution >= 0.6 is 0 Å². The van der Waals surface area contributed by atoms with Gasteiger partial charge in [0.05, 0.1) is 0 Å². The molecular weight excluding hydrogens is 230 g/mol. The molecule has 0 aliphatic carbocycles. The summed E-state index contributed by atoms with van der Waals surface area (Å²) in [6.07, 6.45) is 3.44. The van der Waals surface area contributed by atoms with Gasteiger partial charge in [-0.05, 0) is 32.2 Å². The standard InChI is InChI=1S/C13H25N3O2/c1-10(4-3-7-14)13(18)15-12-5-8-16(9-6-12)11(2)17/h10,12H,3-9,14H2,1-2H3,(H,15,18). The maximum atomic E-state index is 11.9. The number of nitrogens with two attached hydrogens (primary N) is 1. The lowest BCUT2D eigenvalue weighted by atomic mass is 10.0. The Bertz CT molecular complexity index is 286. The van der Waals surface area contributed by atoms with E-state index >= 15 is 0 Å². The Kier molecular flexibility index (Phi) is 6.12. The molecule has 0 spiro atoms. The van der Waals surface area contributed by atoms with Gasteiger partial charge in [0.2, 0.25) is 11.8 Å². The van der Waals surface area contributed by atoms with Crippen LogP contribution in [0.5, 0.6) is 0 Å². The van der Waals surface area contributed by atoms with Gasteiger partial charge in [0.25, 0.3) is 0 Å². The van der Waals surface area contributed by atoms with Crippen molar-refractivity contribution in [2.24, 2.45) is 11.7 Å². The predicted molar refractivity (Wildman–Crippen MR) is 70.9 cm³/mol. The molecule has 1 rings (SSSR count). The monoisotopic (exact) mass is 255 g/mol. The number of carbonyl (C=O) groups excluding carboxylic acids is 2. The molecule has 0 aromatic carbocycles. The Hall–Kier alpha value is -1.10. The van der Waals surface area contributed by atoms with Gasteiger partial charge >= 0.3 is 0 Å². The molecule has 1 heterocycles. The zero-order valence-corrected chi connectivity index (χ0v) is 11.4. The Morgan fingerprint density at radius 2 is 2.00 bits per heavy atom. The van der Waals surface area contributed by atoms with Crippen LogP contribution in [-0.2, 0) is 9.59 Å². The first-order valence-electron chi connectivity index (χ1n) is 6.80. The highest BCUT2D eigenvalue weighted by molar-refractivity contribution is 5.78. The van der Waals surface area contributed by atoms with Crippen molar-refractivity contribution in [3.05, 3.63) is 0 Å². The lowest BCUT2D eigenvalue weighted by Gasteiger charge is -2.32. The second-order valence-corrected chi connectivity index (χ2v) is 5.12. The summed E-state index contributed by atoms with van der Waals surface area (Å²) in [5, 5.41) is 3.07. The first-order chi connectivity index (χ1) is 8.54. The Labute approximate surface area is 109 Å². The van der Waals surface area contributed by atoms with Crippen molar-refractivity contribution in [3.63, 3.8) is 0 Å². The van der Waals surface area contributed by atoms with Gasteiger partial charge in [0, 0.05) is 32.0 Å². The van der Waals surface area contributed by atoms with Crippen LogP contribution in [0.15, 0.2) is 0 Å². The van der Waals surface area contributed by atoms with Crippen LogP contribution in [-0.4, -0.2) is 42.4 Å². The summed E-state index contributed by atoms with van der Waals surface area (Å²) in [4.78, 5) is 24.9. The normalized spacial score (nSPS) is 18.5. The van der Waals surface area contributed by atoms with Gasteiger partial charge < -0.3 is 16.0 Å². The van der Waals surface area contributed by atoms with E-state index in [1.807, 2.05) is 11.8 Å². The fraction of sp³-hybridized carbons (Fsp3) is 0.846. The molecular formula is C13H25N3O2. The van der Waals surface area contributed by atoms with E-state index < -0.39 is 0 Å². The van der Waals surface area contributed by atoms with Crippen LogP contribution < -0.4 is 11.1 Å². The van der Waals surface area contributed by atoms with Crippen LogP contribution in [0.3, 0.4) is 0 Å². The van der Waals surface area contributed by atoms with E-state index in [4.69, 9.17) is 5.73 Å². The molecule has 2 amide bonds. The van der Waals surface area contributed by atoms with Gasteiger partial charge in [-0.2, -0.15) is 0 Å². The van der Waals surface area contributed by atoms with Crippen molar-refractivity contribution >= 4 is 11.8 Å². The van der Waals surface area contributed by atoms with E-state index in [2.05, 4.69) is 5.32 Å². The molecule has 1 saturated heterocycles. The number of hydrogen-bond acceptors (Lipinski definition) is 3. The number of nitrogens with one attached hydrogen (secondary N) is 1. The zero-order chi connectivity index (χ0) is 13.5. The summed E-state index contributed by atoms with van der Waals surface area (Å²) >= 11 is 0. The molecule has 1 aliphatic rings. The SMILES string of the molecule is CC(=O)N1CCC(NC(=O)C(C)CCCN)CC1. The Morgan fingerprint density at radius 1 is 1.39 bits per heavy atom. The minimum absolute atomic E-state index is 0.0272. The third-order valence-electron chi connectivity index (χ3n) is 3.58. The molecule has 5 heteroatoms. The zero-order valence-electron chi connectivity index (χ0n) is 11.4. The molecule has 0 saturated carbocycles. The molecule has 0 aromatic heterocycles. The minimum atomic E-state index is 0.0272. The van der Waals surface area contributed by atoms with E-state index in [1.54, 1.807) is 6.92 Å². The second kappa shape index (κ2) is 7.36. The third kappa shape index (κ3) is 4.64. The van der Waals surface area contributed by atoms with Crippen LogP contribution in [0.4, 0.5) is 0 Å². The van der Waals surface area contributed by atoms with Gasteiger partial charge in [0.1, 0.15) is 0 Å². The van der Waals surface area contributed by atoms with Gasteiger partial charge in [-0.1, -0.05) is 6.92 Å². The van der Waals surface area contributed by atoms with Crippen LogP contribution in [0.2, 0.25) is 0 Å². The van der Waals surface area contributed by atoms with E-state index in [9.17, 15) is 9.59 Å². The van der Waals surface area contributed by atoms with Crippen molar-refractivity contribution in [1.29, 1.82) is 0 Å². The quantitative estimate of drug-likeness (QED) is 0.750. The fourth-order valence-electron chi connectivity index (χ4n) is 2.24. The number of hydrogen-bond donors (Lipinski definition) is 2. The average molecular weight is 255 g/mol. The number of rotatable bonds is 5. The molecule has 1 aliphatic heterocycles. The second-order valence-electron chi connectivity index (χ2n) is 5.12. The number of piperidine rings is 1. The topological polar surface area (TPSA) is 75.4 Å². The Morgan fingerprint density at radius 3 is 2.50 bits per heavy atom. The molecule has 3 N–H and O–H groups in total. The summed E-state index contributed by atoms with van der Waals surface area (Å²) < 4.78 is 0. The third-order valence-corrected chi connectivity index (χ3v) is 3.58. The van der Waals surface area contributed by atoms with Crippen molar-refractivity contribution in [3.8, 4) is 0 Å².